The number of hydrogen-bond donors (Lipinski definition) is 3. The van der Waals surface area contributed by atoms with E-state index >= 15 is 0 Å². The molecule has 3 heterocycles. The predicted molar refractivity (Wildman–Crippen MR) is 75.8 cm³/mol. The zero-order valence-electron chi connectivity index (χ0n) is 11.7. The number of aromatic nitrogens is 1. The Kier molecular flexibility index (Phi) is 3.85. The van der Waals surface area contributed by atoms with Gasteiger partial charge in [-0.3, -0.25) is 24.9 Å². The van der Waals surface area contributed by atoms with E-state index in [0.29, 0.717) is 12.1 Å². The molecular formula is C14H19N5O2. The highest BCUT2D eigenvalue weighted by atomic mass is 16.2. The van der Waals surface area contributed by atoms with Crippen LogP contribution in [-0.4, -0.2) is 40.8 Å². The number of piperidine rings is 1. The molecule has 0 radical (unpaired) electrons. The maximum Gasteiger partial charge on any atom is 0.266 e. The van der Waals surface area contributed by atoms with Gasteiger partial charge in [-0.25, -0.2) is 5.84 Å². The van der Waals surface area contributed by atoms with E-state index in [-0.39, 0.29) is 23.8 Å². The number of nitrogens with one attached hydrogen (secondary N) is 2. The van der Waals surface area contributed by atoms with Crippen LogP contribution in [0.2, 0.25) is 0 Å². The summed E-state index contributed by atoms with van der Waals surface area (Å²) in [5.74, 6) is 5.02. The van der Waals surface area contributed by atoms with E-state index in [2.05, 4.69) is 20.6 Å². The fraction of sp³-hybridized carbons (Fsp3) is 0.500. The van der Waals surface area contributed by atoms with Crippen LogP contribution >= 0.6 is 0 Å². The van der Waals surface area contributed by atoms with Crippen LogP contribution in [0.1, 0.15) is 28.9 Å². The zero-order valence-corrected chi connectivity index (χ0v) is 11.7. The van der Waals surface area contributed by atoms with Crippen molar-refractivity contribution in [2.24, 2.45) is 11.8 Å². The Labute approximate surface area is 122 Å². The Morgan fingerprint density at radius 1 is 1.52 bits per heavy atom. The van der Waals surface area contributed by atoms with Gasteiger partial charge in [-0.05, 0) is 31.5 Å². The molecule has 1 aromatic heterocycles. The molecule has 2 saturated heterocycles. The number of pyridine rings is 1. The molecule has 3 rings (SSSR count). The van der Waals surface area contributed by atoms with E-state index in [0.717, 1.165) is 31.6 Å². The SMILES string of the molecule is NNC(=O)c1ccc(CN2CCCC3C(=O)NCC32)nc1. The number of nitrogen functional groups attached to an aromatic ring is 1. The molecule has 2 fully saturated rings. The molecule has 7 heteroatoms. The lowest BCUT2D eigenvalue weighted by atomic mass is 9.91. The van der Waals surface area contributed by atoms with Crippen LogP contribution in [0.5, 0.6) is 0 Å². The maximum atomic E-state index is 11.7. The van der Waals surface area contributed by atoms with Crippen molar-refractivity contribution in [2.75, 3.05) is 13.1 Å². The van der Waals surface area contributed by atoms with Gasteiger partial charge in [0.25, 0.3) is 5.91 Å². The molecule has 2 atom stereocenters. The van der Waals surface area contributed by atoms with Gasteiger partial charge < -0.3 is 5.32 Å². The number of amides is 2. The molecule has 0 aliphatic carbocycles. The Morgan fingerprint density at radius 2 is 2.38 bits per heavy atom. The molecule has 2 amide bonds. The molecule has 21 heavy (non-hydrogen) atoms. The van der Waals surface area contributed by atoms with E-state index in [1.165, 1.54) is 6.20 Å². The Morgan fingerprint density at radius 3 is 3.10 bits per heavy atom. The zero-order chi connectivity index (χ0) is 14.8. The van der Waals surface area contributed by atoms with Gasteiger partial charge in [0.15, 0.2) is 0 Å². The lowest BCUT2D eigenvalue weighted by molar-refractivity contribution is -0.124. The van der Waals surface area contributed by atoms with Crippen molar-refractivity contribution in [3.63, 3.8) is 0 Å². The van der Waals surface area contributed by atoms with Crippen molar-refractivity contribution in [2.45, 2.75) is 25.4 Å². The first-order valence-corrected chi connectivity index (χ1v) is 7.16. The third-order valence-electron chi connectivity index (χ3n) is 4.30. The minimum atomic E-state index is -0.349. The average molecular weight is 289 g/mol. The maximum absolute atomic E-state index is 11.7. The molecule has 0 saturated carbocycles. The van der Waals surface area contributed by atoms with Gasteiger partial charge in [-0.1, -0.05) is 0 Å². The van der Waals surface area contributed by atoms with Gasteiger partial charge >= 0.3 is 0 Å². The van der Waals surface area contributed by atoms with Crippen LogP contribution < -0.4 is 16.6 Å². The Balaban J connectivity index is 1.68. The second-order valence-corrected chi connectivity index (χ2v) is 5.54. The van der Waals surface area contributed by atoms with Gasteiger partial charge in [0.05, 0.1) is 17.2 Å². The molecule has 2 aliphatic rings. The molecule has 112 valence electrons. The van der Waals surface area contributed by atoms with Crippen molar-refractivity contribution >= 4 is 11.8 Å². The molecule has 7 nitrogen and oxygen atoms in total. The van der Waals surface area contributed by atoms with Crippen molar-refractivity contribution < 1.29 is 9.59 Å². The van der Waals surface area contributed by atoms with Gasteiger partial charge in [0, 0.05) is 25.3 Å². The summed E-state index contributed by atoms with van der Waals surface area (Å²) in [6.45, 7) is 2.39. The van der Waals surface area contributed by atoms with Crippen LogP contribution in [-0.2, 0) is 11.3 Å². The molecule has 0 spiro atoms. The average Bonchev–Trinajstić information content (AvgIpc) is 2.90. The summed E-state index contributed by atoms with van der Waals surface area (Å²) in [6.07, 6.45) is 3.52. The number of likely N-dealkylation sites (tertiary alicyclic amines) is 1. The van der Waals surface area contributed by atoms with Gasteiger partial charge in [-0.2, -0.15) is 0 Å². The first-order chi connectivity index (χ1) is 10.2. The minimum absolute atomic E-state index is 0.112. The monoisotopic (exact) mass is 289 g/mol. The summed E-state index contributed by atoms with van der Waals surface area (Å²) in [4.78, 5) is 29.7. The van der Waals surface area contributed by atoms with Crippen LogP contribution in [0.3, 0.4) is 0 Å². The summed E-state index contributed by atoms with van der Waals surface area (Å²) in [6, 6.07) is 3.81. The largest absolute Gasteiger partial charge is 0.354 e. The fourth-order valence-corrected chi connectivity index (χ4v) is 3.18. The summed E-state index contributed by atoms with van der Waals surface area (Å²) in [5.41, 5.74) is 3.41. The molecule has 0 bridgehead atoms. The van der Waals surface area contributed by atoms with Crippen molar-refractivity contribution in [1.29, 1.82) is 0 Å². The number of rotatable bonds is 3. The first-order valence-electron chi connectivity index (χ1n) is 7.16. The second kappa shape index (κ2) is 5.79. The summed E-state index contributed by atoms with van der Waals surface area (Å²) < 4.78 is 0. The van der Waals surface area contributed by atoms with Crippen LogP contribution in [0, 0.1) is 5.92 Å². The van der Waals surface area contributed by atoms with Gasteiger partial charge in [0.1, 0.15) is 0 Å². The molecule has 4 N–H and O–H groups in total. The Hall–Kier alpha value is -1.99. The highest BCUT2D eigenvalue weighted by Crippen LogP contribution is 2.28. The van der Waals surface area contributed by atoms with E-state index < -0.39 is 0 Å². The molecule has 0 aromatic carbocycles. The third-order valence-corrected chi connectivity index (χ3v) is 4.30. The number of hydrazine groups is 1. The molecule has 2 aliphatic heterocycles. The number of nitrogens with two attached hydrogens (primary N) is 1. The van der Waals surface area contributed by atoms with Crippen molar-refractivity contribution in [3.8, 4) is 0 Å². The standard InChI is InChI=1S/C14H19N5O2/c15-18-13(20)9-3-4-10(16-6-9)8-19-5-1-2-11-12(19)7-17-14(11)21/h3-4,6,11-12H,1-2,5,7-8,15H2,(H,17,21)(H,18,20). The summed E-state index contributed by atoms with van der Waals surface area (Å²) >= 11 is 0. The lowest BCUT2D eigenvalue weighted by Crippen LogP contribution is -2.45. The highest BCUT2D eigenvalue weighted by Gasteiger charge is 2.40. The van der Waals surface area contributed by atoms with Gasteiger partial charge in [-0.15, -0.1) is 0 Å². The highest BCUT2D eigenvalue weighted by molar-refractivity contribution is 5.93. The van der Waals surface area contributed by atoms with Gasteiger partial charge in [0.2, 0.25) is 5.91 Å². The van der Waals surface area contributed by atoms with Crippen LogP contribution in [0.25, 0.3) is 0 Å². The number of carbonyl (C=O) groups excluding carboxylic acids is 2. The minimum Gasteiger partial charge on any atom is -0.354 e. The van der Waals surface area contributed by atoms with Crippen LogP contribution in [0.15, 0.2) is 18.3 Å². The van der Waals surface area contributed by atoms with E-state index in [1.807, 2.05) is 6.07 Å². The lowest BCUT2D eigenvalue weighted by Gasteiger charge is -2.35. The second-order valence-electron chi connectivity index (χ2n) is 5.54. The Bertz CT molecular complexity index is 545. The first kappa shape index (κ1) is 14.0. The number of nitrogens with zero attached hydrogens (tertiary/aromatic N) is 2. The molecule has 1 aromatic rings. The summed E-state index contributed by atoms with van der Waals surface area (Å²) in [7, 11) is 0. The third kappa shape index (κ3) is 2.74. The quantitative estimate of drug-likeness (QED) is 0.392. The normalized spacial score (nSPS) is 25.3. The van der Waals surface area contributed by atoms with E-state index in [4.69, 9.17) is 5.84 Å². The molecule has 2 unspecified atom stereocenters. The van der Waals surface area contributed by atoms with E-state index in [1.54, 1.807) is 6.07 Å². The number of carbonyl (C=O) groups is 2. The number of fused-ring (bicyclic) bond motifs is 1. The smallest absolute Gasteiger partial charge is 0.266 e. The topological polar surface area (TPSA) is 100 Å². The predicted octanol–water partition coefficient (Wildman–Crippen LogP) is -0.604. The van der Waals surface area contributed by atoms with E-state index in [9.17, 15) is 9.59 Å². The van der Waals surface area contributed by atoms with Crippen molar-refractivity contribution in [1.82, 2.24) is 20.6 Å². The fourth-order valence-electron chi connectivity index (χ4n) is 3.18. The van der Waals surface area contributed by atoms with Crippen molar-refractivity contribution in [3.05, 3.63) is 29.6 Å². The van der Waals surface area contributed by atoms with Crippen LogP contribution in [0.4, 0.5) is 0 Å². The molecular weight excluding hydrogens is 270 g/mol. The summed E-state index contributed by atoms with van der Waals surface area (Å²) in [5, 5.41) is 2.94. The number of hydrogen-bond acceptors (Lipinski definition) is 5.